The van der Waals surface area contributed by atoms with E-state index in [0.717, 1.165) is 17.8 Å². The summed E-state index contributed by atoms with van der Waals surface area (Å²) in [5.41, 5.74) is 7.28. The number of aromatic hydroxyl groups is 1. The Bertz CT molecular complexity index is 478. The van der Waals surface area contributed by atoms with Crippen molar-refractivity contribution in [3.05, 3.63) is 30.0 Å². The molecule has 0 aliphatic heterocycles. The molecule has 0 unspecified atom stereocenters. The zero-order valence-corrected chi connectivity index (χ0v) is 8.38. The first-order valence-corrected chi connectivity index (χ1v) is 4.72. The Labute approximate surface area is 87.1 Å². The van der Waals surface area contributed by atoms with Gasteiger partial charge in [0.25, 0.3) is 0 Å². The van der Waals surface area contributed by atoms with Crippen LogP contribution in [0.5, 0.6) is 5.75 Å². The van der Waals surface area contributed by atoms with Gasteiger partial charge in [0.1, 0.15) is 5.75 Å². The highest BCUT2D eigenvalue weighted by Gasteiger charge is 2.09. The minimum absolute atomic E-state index is 0.198. The highest BCUT2D eigenvalue weighted by molar-refractivity contribution is 5.43. The second-order valence-corrected chi connectivity index (χ2v) is 3.21. The second-order valence-electron chi connectivity index (χ2n) is 3.21. The van der Waals surface area contributed by atoms with E-state index in [1.165, 1.54) is 0 Å². The summed E-state index contributed by atoms with van der Waals surface area (Å²) in [6, 6.07) is 6.82. The van der Waals surface area contributed by atoms with Gasteiger partial charge in [-0.1, -0.05) is 18.2 Å². The van der Waals surface area contributed by atoms with Crippen LogP contribution in [0.4, 0.5) is 5.82 Å². The van der Waals surface area contributed by atoms with Crippen molar-refractivity contribution in [1.82, 2.24) is 15.0 Å². The number of nitrogens with two attached hydrogens (primary N) is 1. The maximum absolute atomic E-state index is 9.35. The molecule has 1 heterocycles. The zero-order chi connectivity index (χ0) is 10.8. The van der Waals surface area contributed by atoms with Crippen molar-refractivity contribution in [2.45, 2.75) is 13.3 Å². The van der Waals surface area contributed by atoms with Crippen molar-refractivity contribution < 1.29 is 5.11 Å². The first kappa shape index (κ1) is 9.51. The molecular weight excluding hydrogens is 192 g/mol. The molecule has 2 aromatic rings. The Morgan fingerprint density at radius 3 is 2.93 bits per heavy atom. The summed E-state index contributed by atoms with van der Waals surface area (Å²) in [4.78, 5) is 0. The third-order valence-electron chi connectivity index (χ3n) is 2.20. The summed E-state index contributed by atoms with van der Waals surface area (Å²) in [6.07, 6.45) is 0.745. The number of phenols is 1. The molecule has 0 aliphatic rings. The van der Waals surface area contributed by atoms with Crippen molar-refractivity contribution in [2.75, 3.05) is 5.73 Å². The maximum Gasteiger partial charge on any atom is 0.169 e. The van der Waals surface area contributed by atoms with Gasteiger partial charge < -0.3 is 10.8 Å². The van der Waals surface area contributed by atoms with Crippen molar-refractivity contribution in [3.8, 4) is 11.4 Å². The van der Waals surface area contributed by atoms with Crippen molar-refractivity contribution in [1.29, 1.82) is 0 Å². The van der Waals surface area contributed by atoms with Crippen molar-refractivity contribution in [3.63, 3.8) is 0 Å². The number of anilines is 1. The van der Waals surface area contributed by atoms with Crippen LogP contribution >= 0.6 is 0 Å². The monoisotopic (exact) mass is 204 g/mol. The number of nitrogen functional groups attached to an aromatic ring is 1. The Balaban J connectivity index is 2.54. The standard InChI is InChI=1S/C10H12N4O/c1-2-9-10(11)12-13-14(9)7-4-3-5-8(15)6-7/h3-6,15H,2,11H2,1H3. The Hall–Kier alpha value is -2.04. The zero-order valence-electron chi connectivity index (χ0n) is 8.38. The first-order chi connectivity index (χ1) is 7.22. The Morgan fingerprint density at radius 2 is 2.27 bits per heavy atom. The van der Waals surface area contributed by atoms with Gasteiger partial charge in [0.15, 0.2) is 5.82 Å². The fraction of sp³-hybridized carbons (Fsp3) is 0.200. The summed E-state index contributed by atoms with van der Waals surface area (Å²) in [6.45, 7) is 1.98. The molecule has 0 atom stereocenters. The molecule has 0 fully saturated rings. The molecule has 3 N–H and O–H groups in total. The molecule has 0 spiro atoms. The van der Waals surface area contributed by atoms with Gasteiger partial charge in [-0.2, -0.15) is 0 Å². The maximum atomic E-state index is 9.35. The van der Waals surface area contributed by atoms with Crippen LogP contribution in [0.1, 0.15) is 12.6 Å². The third kappa shape index (κ3) is 1.63. The Morgan fingerprint density at radius 1 is 1.47 bits per heavy atom. The van der Waals surface area contributed by atoms with Crippen LogP contribution in [0.2, 0.25) is 0 Å². The van der Waals surface area contributed by atoms with Crippen LogP contribution in [0.15, 0.2) is 24.3 Å². The minimum Gasteiger partial charge on any atom is -0.508 e. The SMILES string of the molecule is CCc1c(N)nnn1-c1cccc(O)c1. The van der Waals surface area contributed by atoms with Gasteiger partial charge in [-0.15, -0.1) is 5.10 Å². The number of hydrogen-bond acceptors (Lipinski definition) is 4. The molecule has 0 aliphatic carbocycles. The number of aromatic nitrogens is 3. The normalized spacial score (nSPS) is 10.5. The molecule has 15 heavy (non-hydrogen) atoms. The quantitative estimate of drug-likeness (QED) is 0.768. The minimum atomic E-state index is 0.198. The summed E-state index contributed by atoms with van der Waals surface area (Å²) < 4.78 is 1.63. The van der Waals surface area contributed by atoms with Gasteiger partial charge in [0.05, 0.1) is 11.4 Å². The van der Waals surface area contributed by atoms with Crippen LogP contribution in [0, 0.1) is 0 Å². The number of benzene rings is 1. The van der Waals surface area contributed by atoms with Gasteiger partial charge in [-0.3, -0.25) is 0 Å². The molecule has 5 nitrogen and oxygen atoms in total. The highest BCUT2D eigenvalue weighted by Crippen LogP contribution is 2.18. The molecule has 1 aromatic carbocycles. The summed E-state index contributed by atoms with van der Waals surface area (Å²) in [5, 5.41) is 17.1. The van der Waals surface area contributed by atoms with Crippen LogP contribution in [-0.2, 0) is 6.42 Å². The predicted molar refractivity (Wildman–Crippen MR) is 56.8 cm³/mol. The van der Waals surface area contributed by atoms with Crippen molar-refractivity contribution >= 4 is 5.82 Å². The fourth-order valence-corrected chi connectivity index (χ4v) is 1.48. The van der Waals surface area contributed by atoms with Gasteiger partial charge in [-0.05, 0) is 18.6 Å². The van der Waals surface area contributed by atoms with Gasteiger partial charge in [-0.25, -0.2) is 4.68 Å². The van der Waals surface area contributed by atoms with Crippen LogP contribution in [0.3, 0.4) is 0 Å². The van der Waals surface area contributed by atoms with E-state index >= 15 is 0 Å². The molecule has 1 aromatic heterocycles. The fourth-order valence-electron chi connectivity index (χ4n) is 1.48. The average Bonchev–Trinajstić information content (AvgIpc) is 2.59. The van der Waals surface area contributed by atoms with E-state index < -0.39 is 0 Å². The van der Waals surface area contributed by atoms with Crippen molar-refractivity contribution in [2.24, 2.45) is 0 Å². The lowest BCUT2D eigenvalue weighted by atomic mass is 10.2. The number of rotatable bonds is 2. The van der Waals surface area contributed by atoms with E-state index in [1.54, 1.807) is 22.9 Å². The first-order valence-electron chi connectivity index (χ1n) is 4.72. The van der Waals surface area contributed by atoms with E-state index in [2.05, 4.69) is 10.3 Å². The lowest BCUT2D eigenvalue weighted by Crippen LogP contribution is -2.02. The van der Waals surface area contributed by atoms with Gasteiger partial charge >= 0.3 is 0 Å². The molecule has 0 amide bonds. The number of phenolic OH excluding ortho intramolecular Hbond substituents is 1. The average molecular weight is 204 g/mol. The number of hydrogen-bond donors (Lipinski definition) is 2. The predicted octanol–water partition coefficient (Wildman–Crippen LogP) is 1.12. The third-order valence-corrected chi connectivity index (χ3v) is 2.20. The van der Waals surface area contributed by atoms with E-state index in [-0.39, 0.29) is 5.75 Å². The number of nitrogens with zero attached hydrogens (tertiary/aromatic N) is 3. The molecule has 0 saturated heterocycles. The summed E-state index contributed by atoms with van der Waals surface area (Å²) in [5.74, 6) is 0.629. The second kappa shape index (κ2) is 3.61. The van der Waals surface area contributed by atoms with Gasteiger partial charge in [0, 0.05) is 6.07 Å². The molecule has 78 valence electrons. The van der Waals surface area contributed by atoms with E-state index in [1.807, 2.05) is 13.0 Å². The smallest absolute Gasteiger partial charge is 0.169 e. The van der Waals surface area contributed by atoms with E-state index in [4.69, 9.17) is 5.73 Å². The lowest BCUT2D eigenvalue weighted by molar-refractivity contribution is 0.474. The highest BCUT2D eigenvalue weighted by atomic mass is 16.3. The van der Waals surface area contributed by atoms with Crippen LogP contribution in [0.25, 0.3) is 5.69 Å². The molecule has 0 saturated carbocycles. The lowest BCUT2D eigenvalue weighted by Gasteiger charge is -2.04. The van der Waals surface area contributed by atoms with E-state index in [0.29, 0.717) is 5.82 Å². The van der Waals surface area contributed by atoms with Crippen LogP contribution < -0.4 is 5.73 Å². The Kier molecular flexibility index (Phi) is 2.29. The summed E-state index contributed by atoms with van der Waals surface area (Å²) >= 11 is 0. The van der Waals surface area contributed by atoms with E-state index in [9.17, 15) is 5.11 Å². The molecule has 5 heteroatoms. The molecule has 2 rings (SSSR count). The largest absolute Gasteiger partial charge is 0.508 e. The molecule has 0 bridgehead atoms. The topological polar surface area (TPSA) is 77.0 Å². The van der Waals surface area contributed by atoms with Gasteiger partial charge in [0.2, 0.25) is 0 Å². The molecule has 0 radical (unpaired) electrons. The molecular formula is C10H12N4O. The summed E-state index contributed by atoms with van der Waals surface area (Å²) in [7, 11) is 0. The van der Waals surface area contributed by atoms with Crippen LogP contribution in [-0.4, -0.2) is 20.1 Å².